The second-order valence-electron chi connectivity index (χ2n) is 6.21. The van der Waals surface area contributed by atoms with E-state index in [-0.39, 0.29) is 17.6 Å². The molecule has 1 aromatic heterocycles. The van der Waals surface area contributed by atoms with E-state index in [9.17, 15) is 9.59 Å². The van der Waals surface area contributed by atoms with Crippen molar-refractivity contribution in [1.29, 1.82) is 0 Å². The second kappa shape index (κ2) is 13.2. The van der Waals surface area contributed by atoms with Gasteiger partial charge in [-0.1, -0.05) is 61.8 Å². The third-order valence-electron chi connectivity index (χ3n) is 3.86. The Balaban J connectivity index is 1.81. The molecule has 0 aliphatic carbocycles. The van der Waals surface area contributed by atoms with E-state index in [0.29, 0.717) is 34.0 Å². The summed E-state index contributed by atoms with van der Waals surface area (Å²) in [7, 11) is 0. The summed E-state index contributed by atoms with van der Waals surface area (Å²) < 4.78 is 11.2. The summed E-state index contributed by atoms with van der Waals surface area (Å²) in [6.07, 6.45) is 5.86. The fourth-order valence-corrected chi connectivity index (χ4v) is 3.98. The fourth-order valence-electron chi connectivity index (χ4n) is 2.43. The van der Waals surface area contributed by atoms with E-state index in [1.165, 1.54) is 42.4 Å². The number of nitrogens with one attached hydrogen (secondary N) is 1. The van der Waals surface area contributed by atoms with Gasteiger partial charge in [-0.3, -0.25) is 14.9 Å². The van der Waals surface area contributed by atoms with Crippen molar-refractivity contribution in [2.24, 2.45) is 0 Å². The number of ether oxygens (including phenoxy) is 2. The van der Waals surface area contributed by atoms with Gasteiger partial charge < -0.3 is 9.47 Å². The summed E-state index contributed by atoms with van der Waals surface area (Å²) in [6.45, 7) is 4.94. The van der Waals surface area contributed by atoms with Crippen molar-refractivity contribution in [3.63, 3.8) is 0 Å². The maximum atomic E-state index is 12.5. The smallest absolute Gasteiger partial charge is 0.316 e. The Hall–Kier alpha value is -2.13. The molecule has 0 atom stereocenters. The number of unbranched alkanes of at least 4 members (excludes halogenated alkanes) is 4. The number of carbonyl (C=O) groups is 2. The van der Waals surface area contributed by atoms with Gasteiger partial charge >= 0.3 is 5.97 Å². The van der Waals surface area contributed by atoms with Crippen LogP contribution in [-0.2, 0) is 9.53 Å². The molecule has 0 radical (unpaired) electrons. The Morgan fingerprint density at radius 1 is 1.14 bits per heavy atom. The first-order chi connectivity index (χ1) is 14.1. The molecule has 29 heavy (non-hydrogen) atoms. The van der Waals surface area contributed by atoms with Crippen molar-refractivity contribution in [3.05, 3.63) is 29.8 Å². The van der Waals surface area contributed by atoms with Crippen LogP contribution in [0.25, 0.3) is 0 Å². The molecule has 158 valence electrons. The van der Waals surface area contributed by atoms with Gasteiger partial charge in [0.25, 0.3) is 5.91 Å². The average Bonchev–Trinajstić information content (AvgIpc) is 3.17. The summed E-state index contributed by atoms with van der Waals surface area (Å²) >= 11 is 2.44. The van der Waals surface area contributed by atoms with Gasteiger partial charge in [0.1, 0.15) is 5.75 Å². The van der Waals surface area contributed by atoms with Crippen molar-refractivity contribution in [2.75, 3.05) is 24.3 Å². The highest BCUT2D eigenvalue weighted by molar-refractivity contribution is 8.01. The van der Waals surface area contributed by atoms with E-state index in [1.54, 1.807) is 25.1 Å². The Kier molecular flexibility index (Phi) is 10.5. The second-order valence-corrected chi connectivity index (χ2v) is 8.41. The van der Waals surface area contributed by atoms with Gasteiger partial charge in [-0.15, -0.1) is 10.2 Å². The minimum atomic E-state index is -0.305. The average molecular weight is 438 g/mol. The van der Waals surface area contributed by atoms with Crippen LogP contribution in [0.4, 0.5) is 5.13 Å². The van der Waals surface area contributed by atoms with Gasteiger partial charge in [0.15, 0.2) is 4.34 Å². The molecule has 9 heteroatoms. The van der Waals surface area contributed by atoms with Gasteiger partial charge in [0, 0.05) is 5.56 Å². The van der Waals surface area contributed by atoms with Crippen LogP contribution < -0.4 is 10.1 Å². The molecule has 0 fully saturated rings. The lowest BCUT2D eigenvalue weighted by molar-refractivity contribution is -0.139. The highest BCUT2D eigenvalue weighted by atomic mass is 32.2. The van der Waals surface area contributed by atoms with Crippen LogP contribution in [0, 0.1) is 0 Å². The topological polar surface area (TPSA) is 90.4 Å². The number of esters is 1. The number of anilines is 1. The molecule has 0 saturated heterocycles. The molecular weight excluding hydrogens is 410 g/mol. The van der Waals surface area contributed by atoms with Gasteiger partial charge in [-0.25, -0.2) is 0 Å². The van der Waals surface area contributed by atoms with Crippen molar-refractivity contribution in [3.8, 4) is 5.75 Å². The molecular formula is C20H27N3O4S2. The van der Waals surface area contributed by atoms with Crippen LogP contribution in [0.1, 0.15) is 56.3 Å². The van der Waals surface area contributed by atoms with Gasteiger partial charge in [0.2, 0.25) is 5.13 Å². The molecule has 1 N–H and O–H groups in total. The predicted molar refractivity (Wildman–Crippen MR) is 116 cm³/mol. The first-order valence-electron chi connectivity index (χ1n) is 9.78. The summed E-state index contributed by atoms with van der Waals surface area (Å²) in [5.41, 5.74) is 0.490. The number of hydrogen-bond acceptors (Lipinski definition) is 8. The lowest BCUT2D eigenvalue weighted by Gasteiger charge is -2.08. The van der Waals surface area contributed by atoms with Gasteiger partial charge in [-0.2, -0.15) is 0 Å². The number of nitrogens with zero attached hydrogens (tertiary/aromatic N) is 2. The largest absolute Gasteiger partial charge is 0.494 e. The predicted octanol–water partition coefficient (Wildman–Crippen LogP) is 4.79. The molecule has 0 unspecified atom stereocenters. The lowest BCUT2D eigenvalue weighted by Crippen LogP contribution is -2.11. The molecule has 0 bridgehead atoms. The van der Waals surface area contributed by atoms with Crippen molar-refractivity contribution < 1.29 is 19.1 Å². The van der Waals surface area contributed by atoms with Crippen molar-refractivity contribution in [2.45, 2.75) is 50.3 Å². The molecule has 1 aromatic carbocycles. The van der Waals surface area contributed by atoms with Crippen LogP contribution in [0.3, 0.4) is 0 Å². The molecule has 1 amide bonds. The number of benzene rings is 1. The SMILES string of the molecule is CCCCCCCOc1cccc(C(=O)Nc2nnc(SCC(=O)OCC)s2)c1. The zero-order valence-electron chi connectivity index (χ0n) is 16.8. The zero-order chi connectivity index (χ0) is 20.9. The van der Waals surface area contributed by atoms with Gasteiger partial charge in [0.05, 0.1) is 19.0 Å². The molecule has 0 saturated carbocycles. The third-order valence-corrected chi connectivity index (χ3v) is 5.80. The van der Waals surface area contributed by atoms with E-state index in [4.69, 9.17) is 9.47 Å². The van der Waals surface area contributed by atoms with Gasteiger partial charge in [-0.05, 0) is 31.5 Å². The number of thioether (sulfide) groups is 1. The Labute approximate surface area is 179 Å². The molecule has 1 heterocycles. The standard InChI is InChI=1S/C20H27N3O4S2/c1-3-5-6-7-8-12-27-16-11-9-10-15(13-16)18(25)21-19-22-23-20(29-19)28-14-17(24)26-4-2/h9-11,13H,3-8,12,14H2,1-2H3,(H,21,22,25). The van der Waals surface area contributed by atoms with E-state index in [2.05, 4.69) is 22.4 Å². The summed E-state index contributed by atoms with van der Waals surface area (Å²) in [5.74, 6) is 0.252. The first kappa shape index (κ1) is 23.2. The van der Waals surface area contributed by atoms with Crippen molar-refractivity contribution >= 4 is 40.1 Å². The van der Waals surface area contributed by atoms with E-state index in [0.717, 1.165) is 12.8 Å². The fraction of sp³-hybridized carbons (Fsp3) is 0.500. The Morgan fingerprint density at radius 2 is 1.97 bits per heavy atom. The highest BCUT2D eigenvalue weighted by Gasteiger charge is 2.13. The number of aromatic nitrogens is 2. The summed E-state index contributed by atoms with van der Waals surface area (Å²) in [4.78, 5) is 23.9. The number of amides is 1. The lowest BCUT2D eigenvalue weighted by atomic mass is 10.2. The maximum Gasteiger partial charge on any atom is 0.316 e. The number of carbonyl (C=O) groups excluding carboxylic acids is 2. The Morgan fingerprint density at radius 3 is 2.76 bits per heavy atom. The van der Waals surface area contributed by atoms with Crippen LogP contribution in [0.15, 0.2) is 28.6 Å². The first-order valence-corrected chi connectivity index (χ1v) is 11.6. The van der Waals surface area contributed by atoms with E-state index in [1.807, 2.05) is 6.07 Å². The molecule has 0 spiro atoms. The molecule has 0 aliphatic rings. The molecule has 0 aliphatic heterocycles. The van der Waals surface area contributed by atoms with E-state index < -0.39 is 0 Å². The zero-order valence-corrected chi connectivity index (χ0v) is 18.4. The van der Waals surface area contributed by atoms with Crippen molar-refractivity contribution in [1.82, 2.24) is 10.2 Å². The van der Waals surface area contributed by atoms with Crippen LogP contribution in [0.5, 0.6) is 5.75 Å². The third kappa shape index (κ3) is 8.82. The minimum absolute atomic E-state index is 0.161. The molecule has 2 aromatic rings. The number of hydrogen-bond donors (Lipinski definition) is 1. The maximum absolute atomic E-state index is 12.5. The van der Waals surface area contributed by atoms with E-state index >= 15 is 0 Å². The monoisotopic (exact) mass is 437 g/mol. The molecule has 2 rings (SSSR count). The minimum Gasteiger partial charge on any atom is -0.494 e. The summed E-state index contributed by atoms with van der Waals surface area (Å²) in [5, 5.41) is 11.0. The molecule has 7 nitrogen and oxygen atoms in total. The summed E-state index contributed by atoms with van der Waals surface area (Å²) in [6, 6.07) is 7.08. The Bertz CT molecular complexity index is 783. The van der Waals surface area contributed by atoms with Crippen LogP contribution >= 0.6 is 23.1 Å². The van der Waals surface area contributed by atoms with Crippen LogP contribution in [0.2, 0.25) is 0 Å². The number of rotatable bonds is 13. The van der Waals surface area contributed by atoms with Crippen LogP contribution in [-0.4, -0.2) is 41.0 Å². The quantitative estimate of drug-likeness (QED) is 0.208. The normalized spacial score (nSPS) is 10.6. The highest BCUT2D eigenvalue weighted by Crippen LogP contribution is 2.26.